The molecule has 0 aliphatic rings. The van der Waals surface area contributed by atoms with E-state index in [9.17, 15) is 4.79 Å². The molecule has 0 heterocycles. The second-order valence-electron chi connectivity index (χ2n) is 4.71. The molecule has 0 amide bonds. The van der Waals surface area contributed by atoms with E-state index in [1.807, 2.05) is 43.3 Å². The summed E-state index contributed by atoms with van der Waals surface area (Å²) in [6, 6.07) is 11.8. The van der Waals surface area contributed by atoms with Crippen LogP contribution in [-0.4, -0.2) is 17.2 Å². The average Bonchev–Trinajstić information content (AvgIpc) is 2.45. The van der Waals surface area contributed by atoms with Crippen molar-refractivity contribution >= 4 is 22.8 Å². The van der Waals surface area contributed by atoms with Gasteiger partial charge in [-0.1, -0.05) is 37.3 Å². The normalized spacial score (nSPS) is 12.7. The molecule has 0 saturated carbocycles. The third-order valence-electron chi connectivity index (χ3n) is 3.23. The van der Waals surface area contributed by atoms with E-state index in [-0.39, 0.29) is 6.10 Å². The third kappa shape index (κ3) is 3.18. The molecule has 0 radical (unpaired) electrons. The van der Waals surface area contributed by atoms with Gasteiger partial charge in [0, 0.05) is 11.6 Å². The van der Waals surface area contributed by atoms with Crippen LogP contribution in [-0.2, 0) is 4.79 Å². The molecule has 0 saturated heterocycles. The highest BCUT2D eigenvalue weighted by Crippen LogP contribution is 2.30. The number of carboxylic acid groups (broad SMARTS) is 1. The Kier molecular flexibility index (Phi) is 4.41. The summed E-state index contributed by atoms with van der Waals surface area (Å²) in [6.45, 7) is 4.05. The summed E-state index contributed by atoms with van der Waals surface area (Å²) in [5, 5.41) is 10.9. The zero-order valence-corrected chi connectivity index (χ0v) is 11.7. The summed E-state index contributed by atoms with van der Waals surface area (Å²) >= 11 is 0. The van der Waals surface area contributed by atoms with Crippen molar-refractivity contribution in [1.29, 1.82) is 0 Å². The predicted molar refractivity (Wildman–Crippen MR) is 81.0 cm³/mol. The van der Waals surface area contributed by atoms with Gasteiger partial charge in [-0.2, -0.15) is 0 Å². The van der Waals surface area contributed by atoms with Gasteiger partial charge in [-0.25, -0.2) is 4.79 Å². The standard InChI is InChI=1S/C17H18O3/c1-3-12(2)20-16-10-8-13-6-4-5-7-14(13)15(16)9-11-17(18)19/h4-12H,3H2,1-2H3,(H,18,19)/b11-9+. The monoisotopic (exact) mass is 270 g/mol. The largest absolute Gasteiger partial charge is 0.490 e. The van der Waals surface area contributed by atoms with Crippen molar-refractivity contribution in [3.05, 3.63) is 48.0 Å². The fraction of sp³-hybridized carbons (Fsp3) is 0.235. The molecule has 0 aliphatic carbocycles. The lowest BCUT2D eigenvalue weighted by molar-refractivity contribution is -0.131. The minimum Gasteiger partial charge on any atom is -0.490 e. The zero-order valence-electron chi connectivity index (χ0n) is 11.7. The first-order chi connectivity index (χ1) is 9.61. The highest BCUT2D eigenvalue weighted by molar-refractivity contribution is 5.96. The topological polar surface area (TPSA) is 46.5 Å². The second kappa shape index (κ2) is 6.24. The van der Waals surface area contributed by atoms with E-state index in [1.165, 1.54) is 0 Å². The smallest absolute Gasteiger partial charge is 0.328 e. The minimum atomic E-state index is -0.965. The van der Waals surface area contributed by atoms with Gasteiger partial charge in [0.1, 0.15) is 5.75 Å². The molecule has 0 fully saturated rings. The molecule has 104 valence electrons. The fourth-order valence-electron chi connectivity index (χ4n) is 2.00. The molecule has 0 spiro atoms. The van der Waals surface area contributed by atoms with Crippen LogP contribution in [0, 0.1) is 0 Å². The molecule has 20 heavy (non-hydrogen) atoms. The van der Waals surface area contributed by atoms with Crippen LogP contribution in [0.25, 0.3) is 16.8 Å². The van der Waals surface area contributed by atoms with Crippen LogP contribution in [0.1, 0.15) is 25.8 Å². The lowest BCUT2D eigenvalue weighted by atomic mass is 10.0. The number of benzene rings is 2. The lowest BCUT2D eigenvalue weighted by Gasteiger charge is -2.16. The third-order valence-corrected chi connectivity index (χ3v) is 3.23. The Balaban J connectivity index is 2.55. The molecule has 0 aliphatic heterocycles. The van der Waals surface area contributed by atoms with Crippen LogP contribution in [0.4, 0.5) is 0 Å². The maximum atomic E-state index is 10.8. The van der Waals surface area contributed by atoms with E-state index in [0.717, 1.165) is 34.6 Å². The van der Waals surface area contributed by atoms with Crippen molar-refractivity contribution in [2.45, 2.75) is 26.4 Å². The van der Waals surface area contributed by atoms with Gasteiger partial charge in [-0.05, 0) is 36.3 Å². The van der Waals surface area contributed by atoms with Gasteiger partial charge < -0.3 is 9.84 Å². The Hall–Kier alpha value is -2.29. The number of hydrogen-bond donors (Lipinski definition) is 1. The van der Waals surface area contributed by atoms with Crippen LogP contribution in [0.3, 0.4) is 0 Å². The first kappa shape index (κ1) is 14.1. The SMILES string of the molecule is CCC(C)Oc1ccc2ccccc2c1/C=C/C(=O)O. The van der Waals surface area contributed by atoms with Gasteiger partial charge in [0.25, 0.3) is 0 Å². The first-order valence-electron chi connectivity index (χ1n) is 6.71. The molecule has 1 N–H and O–H groups in total. The summed E-state index contributed by atoms with van der Waals surface area (Å²) in [7, 11) is 0. The number of fused-ring (bicyclic) bond motifs is 1. The zero-order chi connectivity index (χ0) is 14.5. The molecule has 2 rings (SSSR count). The Morgan fingerprint density at radius 3 is 2.75 bits per heavy atom. The van der Waals surface area contributed by atoms with Gasteiger partial charge in [0.05, 0.1) is 6.10 Å². The van der Waals surface area contributed by atoms with Crippen LogP contribution in [0.15, 0.2) is 42.5 Å². The van der Waals surface area contributed by atoms with Crippen LogP contribution < -0.4 is 4.74 Å². The molecule has 2 aromatic carbocycles. The summed E-state index contributed by atoms with van der Waals surface area (Å²) in [5.41, 5.74) is 0.811. The molecule has 0 bridgehead atoms. The van der Waals surface area contributed by atoms with Crippen LogP contribution >= 0.6 is 0 Å². The molecule has 1 unspecified atom stereocenters. The Labute approximate surface area is 118 Å². The van der Waals surface area contributed by atoms with Gasteiger partial charge in [0.15, 0.2) is 0 Å². The van der Waals surface area contributed by atoms with E-state index in [4.69, 9.17) is 9.84 Å². The lowest BCUT2D eigenvalue weighted by Crippen LogP contribution is -2.10. The summed E-state index contributed by atoms with van der Waals surface area (Å²) in [6.07, 6.45) is 3.73. The van der Waals surface area contributed by atoms with E-state index in [1.54, 1.807) is 6.08 Å². The second-order valence-corrected chi connectivity index (χ2v) is 4.71. The summed E-state index contributed by atoms with van der Waals surface area (Å²) < 4.78 is 5.89. The average molecular weight is 270 g/mol. The van der Waals surface area contributed by atoms with Crippen molar-refractivity contribution in [2.24, 2.45) is 0 Å². The van der Waals surface area contributed by atoms with E-state index < -0.39 is 5.97 Å². The predicted octanol–water partition coefficient (Wildman–Crippen LogP) is 4.11. The van der Waals surface area contributed by atoms with Crippen molar-refractivity contribution in [1.82, 2.24) is 0 Å². The van der Waals surface area contributed by atoms with E-state index >= 15 is 0 Å². The first-order valence-corrected chi connectivity index (χ1v) is 6.71. The molecule has 1 atom stereocenters. The molecule has 0 aromatic heterocycles. The Bertz CT molecular complexity index is 644. The van der Waals surface area contributed by atoms with Crippen molar-refractivity contribution in [2.75, 3.05) is 0 Å². The molecule has 3 heteroatoms. The van der Waals surface area contributed by atoms with Crippen LogP contribution in [0.5, 0.6) is 5.75 Å². The Morgan fingerprint density at radius 2 is 2.05 bits per heavy atom. The number of carbonyl (C=O) groups is 1. The van der Waals surface area contributed by atoms with Gasteiger partial charge in [0.2, 0.25) is 0 Å². The van der Waals surface area contributed by atoms with Gasteiger partial charge >= 0.3 is 5.97 Å². The number of carboxylic acids is 1. The minimum absolute atomic E-state index is 0.0909. The molecular weight excluding hydrogens is 252 g/mol. The summed E-state index contributed by atoms with van der Waals surface area (Å²) in [4.78, 5) is 10.8. The molecule has 2 aromatic rings. The molecular formula is C17H18O3. The highest BCUT2D eigenvalue weighted by Gasteiger charge is 2.09. The van der Waals surface area contributed by atoms with Crippen molar-refractivity contribution < 1.29 is 14.6 Å². The molecule has 3 nitrogen and oxygen atoms in total. The maximum Gasteiger partial charge on any atom is 0.328 e. The van der Waals surface area contributed by atoms with Crippen molar-refractivity contribution in [3.63, 3.8) is 0 Å². The number of ether oxygens (including phenoxy) is 1. The number of hydrogen-bond acceptors (Lipinski definition) is 2. The summed E-state index contributed by atoms with van der Waals surface area (Å²) in [5.74, 6) is -0.247. The van der Waals surface area contributed by atoms with Gasteiger partial charge in [-0.15, -0.1) is 0 Å². The van der Waals surface area contributed by atoms with Gasteiger partial charge in [-0.3, -0.25) is 0 Å². The number of rotatable bonds is 5. The fourth-order valence-corrected chi connectivity index (χ4v) is 2.00. The maximum absolute atomic E-state index is 10.8. The van der Waals surface area contributed by atoms with Crippen molar-refractivity contribution in [3.8, 4) is 5.75 Å². The quantitative estimate of drug-likeness (QED) is 0.831. The number of aliphatic carboxylic acids is 1. The van der Waals surface area contributed by atoms with E-state index in [0.29, 0.717) is 0 Å². The Morgan fingerprint density at radius 1 is 1.30 bits per heavy atom. The van der Waals surface area contributed by atoms with E-state index in [2.05, 4.69) is 6.92 Å². The van der Waals surface area contributed by atoms with Crippen LogP contribution in [0.2, 0.25) is 0 Å². The highest BCUT2D eigenvalue weighted by atomic mass is 16.5.